The van der Waals surface area contributed by atoms with Crippen LogP contribution in [0.5, 0.6) is 0 Å². The fourth-order valence-electron chi connectivity index (χ4n) is 1.09. The minimum absolute atomic E-state index is 0.0469. The van der Waals surface area contributed by atoms with Crippen molar-refractivity contribution in [1.29, 1.82) is 0 Å². The molecular formula is C7H8F3N2OP. The predicted molar refractivity (Wildman–Crippen MR) is 47.1 cm³/mol. The van der Waals surface area contributed by atoms with Crippen LogP contribution in [0.2, 0.25) is 0 Å². The van der Waals surface area contributed by atoms with Crippen molar-refractivity contribution >= 4 is 15.0 Å². The van der Waals surface area contributed by atoms with E-state index >= 15 is 0 Å². The van der Waals surface area contributed by atoms with Crippen LogP contribution in [0.15, 0.2) is 6.20 Å². The molecule has 7 heteroatoms. The van der Waals surface area contributed by atoms with Gasteiger partial charge in [-0.1, -0.05) is 0 Å². The number of alkyl halides is 3. The van der Waals surface area contributed by atoms with E-state index in [0.29, 0.717) is 4.68 Å². The Hall–Kier alpha value is -0.900. The van der Waals surface area contributed by atoms with E-state index in [1.807, 2.05) is 0 Å². The Morgan fingerprint density at radius 2 is 2.21 bits per heavy atom. The molecule has 1 atom stereocenters. The lowest BCUT2D eigenvalue weighted by Gasteiger charge is -2.08. The molecule has 0 spiro atoms. The number of carbonyl (C=O) groups is 1. The number of aryl methyl sites for hydroxylation is 1. The molecule has 1 heterocycles. The van der Waals surface area contributed by atoms with Crippen LogP contribution >= 0.6 is 9.24 Å². The Morgan fingerprint density at radius 3 is 2.64 bits per heavy atom. The van der Waals surface area contributed by atoms with Crippen LogP contribution in [-0.4, -0.2) is 21.7 Å². The van der Waals surface area contributed by atoms with E-state index in [-0.39, 0.29) is 11.7 Å². The second kappa shape index (κ2) is 3.69. The topological polar surface area (TPSA) is 34.9 Å². The first-order valence-electron chi connectivity index (χ1n) is 3.70. The number of Topliss-reactive ketones (excluding diaryl/α,β-unsaturated/α-hetero) is 1. The van der Waals surface area contributed by atoms with Crippen molar-refractivity contribution in [2.24, 2.45) is 7.05 Å². The Labute approximate surface area is 80.5 Å². The van der Waals surface area contributed by atoms with Gasteiger partial charge in [0.15, 0.2) is 11.5 Å². The maximum atomic E-state index is 12.4. The number of carbonyl (C=O) groups excluding carboxylic acids is 1. The lowest BCUT2D eigenvalue weighted by atomic mass is 10.2. The number of ketones is 1. The lowest BCUT2D eigenvalue weighted by molar-refractivity contribution is -0.144. The third kappa shape index (κ3) is 1.95. The highest BCUT2D eigenvalue weighted by molar-refractivity contribution is 7.18. The van der Waals surface area contributed by atoms with Crippen molar-refractivity contribution in [1.82, 2.24) is 9.78 Å². The maximum Gasteiger partial charge on any atom is 0.433 e. The van der Waals surface area contributed by atoms with Crippen molar-refractivity contribution in [3.63, 3.8) is 0 Å². The number of hydrogen-bond acceptors (Lipinski definition) is 2. The van der Waals surface area contributed by atoms with Crippen LogP contribution in [0.25, 0.3) is 0 Å². The van der Waals surface area contributed by atoms with Gasteiger partial charge in [-0.2, -0.15) is 18.3 Å². The summed E-state index contributed by atoms with van der Waals surface area (Å²) in [6.07, 6.45) is -3.65. The number of rotatable bonds is 2. The van der Waals surface area contributed by atoms with Gasteiger partial charge in [-0.25, -0.2) is 0 Å². The third-order valence-corrected chi connectivity index (χ3v) is 2.06. The number of aromatic nitrogens is 2. The number of hydrogen-bond donors (Lipinski definition) is 0. The first-order chi connectivity index (χ1) is 6.38. The van der Waals surface area contributed by atoms with Gasteiger partial charge in [0.2, 0.25) is 0 Å². The molecule has 1 unspecified atom stereocenters. The molecule has 3 nitrogen and oxygen atoms in total. The molecule has 0 radical (unpaired) electrons. The summed E-state index contributed by atoms with van der Waals surface area (Å²) in [6.45, 7) is 0. The molecule has 0 aliphatic rings. The van der Waals surface area contributed by atoms with E-state index in [1.54, 1.807) is 0 Å². The molecule has 0 aliphatic carbocycles. The Morgan fingerprint density at radius 1 is 1.64 bits per heavy atom. The minimum Gasteiger partial charge on any atom is -0.294 e. The summed E-state index contributed by atoms with van der Waals surface area (Å²) >= 11 is 0. The molecule has 78 valence electrons. The molecule has 0 N–H and O–H groups in total. The molecule has 0 aliphatic heterocycles. The average Bonchev–Trinajstić information content (AvgIpc) is 2.44. The Balaban J connectivity index is 3.27. The average molecular weight is 224 g/mol. The SMILES string of the molecule is Cn1ncc(C(=O)CP)c1C(F)(F)F. The van der Waals surface area contributed by atoms with Gasteiger partial charge in [-0.05, 0) is 0 Å². The van der Waals surface area contributed by atoms with Crippen molar-refractivity contribution in [3.8, 4) is 0 Å². The van der Waals surface area contributed by atoms with E-state index in [2.05, 4.69) is 14.3 Å². The summed E-state index contributed by atoms with van der Waals surface area (Å²) in [5, 5.41) is 3.42. The van der Waals surface area contributed by atoms with Crippen LogP contribution in [0.3, 0.4) is 0 Å². The highest BCUT2D eigenvalue weighted by atomic mass is 31.0. The second-order valence-corrected chi connectivity index (χ2v) is 3.06. The lowest BCUT2D eigenvalue weighted by Crippen LogP contribution is -2.16. The summed E-state index contributed by atoms with van der Waals surface area (Å²) < 4.78 is 37.9. The van der Waals surface area contributed by atoms with Gasteiger partial charge < -0.3 is 0 Å². The highest BCUT2D eigenvalue weighted by Gasteiger charge is 2.38. The fourth-order valence-corrected chi connectivity index (χ4v) is 1.31. The first kappa shape index (κ1) is 11.2. The predicted octanol–water partition coefficient (Wildman–Crippen LogP) is 1.50. The normalized spacial score (nSPS) is 11.8. The summed E-state index contributed by atoms with van der Waals surface area (Å²) in [4.78, 5) is 11.1. The van der Waals surface area contributed by atoms with Gasteiger partial charge in [0, 0.05) is 13.2 Å². The third-order valence-electron chi connectivity index (χ3n) is 1.69. The molecule has 1 rings (SSSR count). The van der Waals surface area contributed by atoms with E-state index in [0.717, 1.165) is 13.2 Å². The zero-order chi connectivity index (χ0) is 10.9. The minimum atomic E-state index is -4.55. The standard InChI is InChI=1S/C7H8F3N2OP/c1-12-6(7(8,9)10)4(2-11-12)5(13)3-14/h2H,3,14H2,1H3. The van der Waals surface area contributed by atoms with Crippen LogP contribution in [0.1, 0.15) is 16.1 Å². The van der Waals surface area contributed by atoms with E-state index in [1.165, 1.54) is 0 Å². The zero-order valence-electron chi connectivity index (χ0n) is 7.30. The van der Waals surface area contributed by atoms with Crippen molar-refractivity contribution in [3.05, 3.63) is 17.5 Å². The smallest absolute Gasteiger partial charge is 0.294 e. The molecule has 0 saturated carbocycles. The van der Waals surface area contributed by atoms with Crippen molar-refractivity contribution in [2.75, 3.05) is 6.16 Å². The van der Waals surface area contributed by atoms with Gasteiger partial charge in [0.05, 0.1) is 11.8 Å². The number of nitrogens with zero attached hydrogens (tertiary/aromatic N) is 2. The number of halogens is 3. The molecule has 0 bridgehead atoms. The summed E-state index contributed by atoms with van der Waals surface area (Å²) in [6, 6.07) is 0. The van der Waals surface area contributed by atoms with E-state index in [9.17, 15) is 18.0 Å². The van der Waals surface area contributed by atoms with Crippen molar-refractivity contribution in [2.45, 2.75) is 6.18 Å². The molecule has 1 aromatic heterocycles. The molecular weight excluding hydrogens is 216 g/mol. The van der Waals surface area contributed by atoms with Crippen LogP contribution in [0.4, 0.5) is 13.2 Å². The highest BCUT2D eigenvalue weighted by Crippen LogP contribution is 2.31. The second-order valence-electron chi connectivity index (χ2n) is 2.66. The summed E-state index contributed by atoms with van der Waals surface area (Å²) in [5.41, 5.74) is -1.38. The van der Waals surface area contributed by atoms with Gasteiger partial charge in [-0.3, -0.25) is 9.48 Å². The Kier molecular flexibility index (Phi) is 2.95. The van der Waals surface area contributed by atoms with Crippen molar-refractivity contribution < 1.29 is 18.0 Å². The molecule has 14 heavy (non-hydrogen) atoms. The molecule has 0 amide bonds. The fraction of sp³-hybridized carbons (Fsp3) is 0.429. The monoisotopic (exact) mass is 224 g/mol. The first-order valence-corrected chi connectivity index (χ1v) is 4.52. The largest absolute Gasteiger partial charge is 0.433 e. The molecule has 0 aromatic carbocycles. The zero-order valence-corrected chi connectivity index (χ0v) is 8.45. The van der Waals surface area contributed by atoms with Gasteiger partial charge in [-0.15, -0.1) is 9.24 Å². The van der Waals surface area contributed by atoms with Gasteiger partial charge >= 0.3 is 6.18 Å². The van der Waals surface area contributed by atoms with Crippen LogP contribution in [-0.2, 0) is 13.2 Å². The van der Waals surface area contributed by atoms with E-state index in [4.69, 9.17) is 0 Å². The van der Waals surface area contributed by atoms with E-state index < -0.39 is 17.7 Å². The quantitative estimate of drug-likeness (QED) is 0.563. The van der Waals surface area contributed by atoms with Gasteiger partial charge in [0.25, 0.3) is 0 Å². The molecule has 0 saturated heterocycles. The van der Waals surface area contributed by atoms with Crippen LogP contribution in [0, 0.1) is 0 Å². The molecule has 0 fully saturated rings. The Bertz CT molecular complexity index is 358. The molecule has 1 aromatic rings. The summed E-state index contributed by atoms with van der Waals surface area (Å²) in [7, 11) is 3.24. The van der Waals surface area contributed by atoms with Crippen LogP contribution < -0.4 is 0 Å². The van der Waals surface area contributed by atoms with Gasteiger partial charge in [0.1, 0.15) is 0 Å². The summed E-state index contributed by atoms with van der Waals surface area (Å²) in [5.74, 6) is -0.588. The maximum absolute atomic E-state index is 12.4.